The molecule has 1 aromatic carbocycles. The van der Waals surface area contributed by atoms with Crippen molar-refractivity contribution in [3.05, 3.63) is 24.3 Å². The van der Waals surface area contributed by atoms with Crippen LogP contribution in [0.4, 0.5) is 11.4 Å². The third kappa shape index (κ3) is 2.95. The van der Waals surface area contributed by atoms with Crippen molar-refractivity contribution in [2.45, 2.75) is 13.8 Å². The van der Waals surface area contributed by atoms with E-state index in [0.717, 1.165) is 12.2 Å². The number of hydrogen-bond acceptors (Lipinski definition) is 2. The van der Waals surface area contributed by atoms with Gasteiger partial charge in [0.05, 0.1) is 0 Å². The molecule has 0 unspecified atom stereocenters. The standard InChI is InChI=1S/C12H20N2/c1-10(2)9-14(4)12-7-5-6-11(8-12)13-3/h5-8,10,13H,9H2,1-4H3. The van der Waals surface area contributed by atoms with Crippen molar-refractivity contribution in [3.63, 3.8) is 0 Å². The van der Waals surface area contributed by atoms with E-state index < -0.39 is 0 Å². The van der Waals surface area contributed by atoms with Gasteiger partial charge in [-0.25, -0.2) is 0 Å². The van der Waals surface area contributed by atoms with Crippen molar-refractivity contribution in [1.82, 2.24) is 0 Å². The van der Waals surface area contributed by atoms with Crippen LogP contribution in [0.1, 0.15) is 13.8 Å². The van der Waals surface area contributed by atoms with Gasteiger partial charge < -0.3 is 10.2 Å². The number of nitrogens with zero attached hydrogens (tertiary/aromatic N) is 1. The Morgan fingerprint density at radius 2 is 2.07 bits per heavy atom. The monoisotopic (exact) mass is 192 g/mol. The van der Waals surface area contributed by atoms with Crippen LogP contribution in [-0.4, -0.2) is 20.6 Å². The average Bonchev–Trinajstić information content (AvgIpc) is 2.17. The first-order valence-corrected chi connectivity index (χ1v) is 5.12. The zero-order chi connectivity index (χ0) is 10.6. The first kappa shape index (κ1) is 10.9. The molecular formula is C12H20N2. The van der Waals surface area contributed by atoms with Gasteiger partial charge in [0.2, 0.25) is 0 Å². The van der Waals surface area contributed by atoms with Gasteiger partial charge in [0.1, 0.15) is 0 Å². The van der Waals surface area contributed by atoms with Crippen LogP contribution in [0.5, 0.6) is 0 Å². The van der Waals surface area contributed by atoms with Gasteiger partial charge in [0.15, 0.2) is 0 Å². The maximum atomic E-state index is 3.15. The summed E-state index contributed by atoms with van der Waals surface area (Å²) in [6.45, 7) is 5.56. The Hall–Kier alpha value is -1.18. The lowest BCUT2D eigenvalue weighted by Crippen LogP contribution is -2.22. The molecule has 78 valence electrons. The molecule has 1 N–H and O–H groups in total. The van der Waals surface area contributed by atoms with Gasteiger partial charge in [0, 0.05) is 32.0 Å². The second kappa shape index (κ2) is 4.89. The summed E-state index contributed by atoms with van der Waals surface area (Å²) >= 11 is 0. The van der Waals surface area contributed by atoms with E-state index in [2.05, 4.69) is 55.4 Å². The van der Waals surface area contributed by atoms with Gasteiger partial charge in [-0.15, -0.1) is 0 Å². The quantitative estimate of drug-likeness (QED) is 0.789. The molecule has 0 heterocycles. The van der Waals surface area contributed by atoms with Crippen LogP contribution < -0.4 is 10.2 Å². The van der Waals surface area contributed by atoms with E-state index >= 15 is 0 Å². The van der Waals surface area contributed by atoms with Crippen LogP contribution in [0, 0.1) is 5.92 Å². The van der Waals surface area contributed by atoms with E-state index in [1.54, 1.807) is 0 Å². The summed E-state index contributed by atoms with van der Waals surface area (Å²) in [6, 6.07) is 8.47. The molecule has 0 aliphatic heterocycles. The van der Waals surface area contributed by atoms with Crippen molar-refractivity contribution in [2.24, 2.45) is 5.92 Å². The third-order valence-electron chi connectivity index (χ3n) is 2.21. The summed E-state index contributed by atoms with van der Waals surface area (Å²) < 4.78 is 0. The molecule has 2 heteroatoms. The molecule has 0 spiro atoms. The highest BCUT2D eigenvalue weighted by Crippen LogP contribution is 2.18. The SMILES string of the molecule is CNc1cccc(N(C)CC(C)C)c1. The van der Waals surface area contributed by atoms with Crippen molar-refractivity contribution in [1.29, 1.82) is 0 Å². The summed E-state index contributed by atoms with van der Waals surface area (Å²) in [6.07, 6.45) is 0. The Morgan fingerprint density at radius 1 is 1.36 bits per heavy atom. The Labute approximate surface area is 86.9 Å². The number of nitrogens with one attached hydrogen (secondary N) is 1. The molecule has 0 aliphatic carbocycles. The van der Waals surface area contributed by atoms with Crippen molar-refractivity contribution < 1.29 is 0 Å². The maximum absolute atomic E-state index is 3.15. The van der Waals surface area contributed by atoms with Crippen LogP contribution in [-0.2, 0) is 0 Å². The van der Waals surface area contributed by atoms with Crippen LogP contribution in [0.15, 0.2) is 24.3 Å². The van der Waals surface area contributed by atoms with E-state index in [9.17, 15) is 0 Å². The van der Waals surface area contributed by atoms with E-state index in [0.29, 0.717) is 5.92 Å². The highest BCUT2D eigenvalue weighted by Gasteiger charge is 2.03. The smallest absolute Gasteiger partial charge is 0.0384 e. The average molecular weight is 192 g/mol. The molecule has 1 aromatic rings. The highest BCUT2D eigenvalue weighted by molar-refractivity contribution is 5.57. The number of hydrogen-bond donors (Lipinski definition) is 1. The first-order chi connectivity index (χ1) is 6.63. The normalized spacial score (nSPS) is 10.4. The summed E-state index contributed by atoms with van der Waals surface area (Å²) in [5, 5.41) is 3.15. The molecule has 0 amide bonds. The Morgan fingerprint density at radius 3 is 2.64 bits per heavy atom. The Bertz CT molecular complexity index is 281. The minimum absolute atomic E-state index is 0.693. The first-order valence-electron chi connectivity index (χ1n) is 5.12. The van der Waals surface area contributed by atoms with Gasteiger partial charge >= 0.3 is 0 Å². The topological polar surface area (TPSA) is 15.3 Å². The number of benzene rings is 1. The molecule has 0 fully saturated rings. The Balaban J connectivity index is 2.73. The Kier molecular flexibility index (Phi) is 3.81. The van der Waals surface area contributed by atoms with Gasteiger partial charge in [0.25, 0.3) is 0 Å². The molecule has 0 atom stereocenters. The number of rotatable bonds is 4. The van der Waals surface area contributed by atoms with Gasteiger partial charge in [-0.3, -0.25) is 0 Å². The highest BCUT2D eigenvalue weighted by atomic mass is 15.1. The van der Waals surface area contributed by atoms with Crippen molar-refractivity contribution in [2.75, 3.05) is 30.9 Å². The fraction of sp³-hybridized carbons (Fsp3) is 0.500. The lowest BCUT2D eigenvalue weighted by molar-refractivity contribution is 0.638. The minimum atomic E-state index is 0.693. The molecule has 1 rings (SSSR count). The van der Waals surface area contributed by atoms with Crippen LogP contribution in [0.2, 0.25) is 0 Å². The van der Waals surface area contributed by atoms with Crippen molar-refractivity contribution >= 4 is 11.4 Å². The van der Waals surface area contributed by atoms with E-state index in [-0.39, 0.29) is 0 Å². The second-order valence-electron chi connectivity index (χ2n) is 4.07. The maximum Gasteiger partial charge on any atom is 0.0384 e. The van der Waals surface area contributed by atoms with E-state index in [1.807, 2.05) is 7.05 Å². The zero-order valence-corrected chi connectivity index (χ0v) is 9.54. The molecule has 0 radical (unpaired) electrons. The van der Waals surface area contributed by atoms with Crippen LogP contribution in [0.25, 0.3) is 0 Å². The summed E-state index contributed by atoms with van der Waals surface area (Å²) in [7, 11) is 4.08. The molecule has 0 saturated carbocycles. The van der Waals surface area contributed by atoms with Gasteiger partial charge in [-0.05, 0) is 24.1 Å². The predicted octanol–water partition coefficient (Wildman–Crippen LogP) is 2.82. The number of anilines is 2. The lowest BCUT2D eigenvalue weighted by Gasteiger charge is -2.22. The van der Waals surface area contributed by atoms with Crippen molar-refractivity contribution in [3.8, 4) is 0 Å². The lowest BCUT2D eigenvalue weighted by atomic mass is 10.2. The second-order valence-corrected chi connectivity index (χ2v) is 4.07. The fourth-order valence-electron chi connectivity index (χ4n) is 1.55. The van der Waals surface area contributed by atoms with Gasteiger partial charge in [-0.1, -0.05) is 19.9 Å². The van der Waals surface area contributed by atoms with Crippen LogP contribution >= 0.6 is 0 Å². The predicted molar refractivity (Wildman–Crippen MR) is 64.1 cm³/mol. The zero-order valence-electron chi connectivity index (χ0n) is 9.54. The summed E-state index contributed by atoms with van der Waals surface area (Å²) in [4.78, 5) is 2.28. The molecule has 0 aliphatic rings. The minimum Gasteiger partial charge on any atom is -0.388 e. The molecule has 0 bridgehead atoms. The van der Waals surface area contributed by atoms with Crippen LogP contribution in [0.3, 0.4) is 0 Å². The molecule has 0 saturated heterocycles. The molecule has 14 heavy (non-hydrogen) atoms. The largest absolute Gasteiger partial charge is 0.388 e. The van der Waals surface area contributed by atoms with Gasteiger partial charge in [-0.2, -0.15) is 0 Å². The molecular weight excluding hydrogens is 172 g/mol. The summed E-state index contributed by atoms with van der Waals surface area (Å²) in [5.74, 6) is 0.693. The molecule has 0 aromatic heterocycles. The summed E-state index contributed by atoms with van der Waals surface area (Å²) in [5.41, 5.74) is 2.43. The molecule has 2 nitrogen and oxygen atoms in total. The fourth-order valence-corrected chi connectivity index (χ4v) is 1.55. The van der Waals surface area contributed by atoms with E-state index in [4.69, 9.17) is 0 Å². The third-order valence-corrected chi connectivity index (χ3v) is 2.21. The van der Waals surface area contributed by atoms with E-state index in [1.165, 1.54) is 5.69 Å².